The molecule has 1 atom stereocenters. The van der Waals surface area contributed by atoms with Crippen LogP contribution in [0.25, 0.3) is 11.1 Å². The Bertz CT molecular complexity index is 1440. The molecule has 4 aromatic rings. The van der Waals surface area contributed by atoms with Gasteiger partial charge in [0, 0.05) is 5.92 Å². The van der Waals surface area contributed by atoms with Gasteiger partial charge in [-0.05, 0) is 58.7 Å². The summed E-state index contributed by atoms with van der Waals surface area (Å²) in [6.07, 6.45) is 0.597. The normalized spacial score (nSPS) is 15.2. The van der Waals surface area contributed by atoms with Gasteiger partial charge in [-0.1, -0.05) is 117 Å². The second-order valence-corrected chi connectivity index (χ2v) is 12.6. The zero-order chi connectivity index (χ0) is 25.6. The number of fused-ring (bicyclic) bond motifs is 3. The molecule has 184 valence electrons. The molecule has 0 bridgehead atoms. The first kappa shape index (κ1) is 24.5. The van der Waals surface area contributed by atoms with Crippen LogP contribution < -0.4 is 4.72 Å². The molecule has 0 aromatic heterocycles. The van der Waals surface area contributed by atoms with Crippen molar-refractivity contribution in [1.82, 2.24) is 4.72 Å². The van der Waals surface area contributed by atoms with Gasteiger partial charge in [0.1, 0.15) is 0 Å². The average molecular weight is 496 g/mol. The molecule has 5 rings (SSSR count). The van der Waals surface area contributed by atoms with Crippen LogP contribution in [0.5, 0.6) is 0 Å². The summed E-state index contributed by atoms with van der Waals surface area (Å²) in [6.45, 7) is 8.35. The molecule has 36 heavy (non-hydrogen) atoms. The van der Waals surface area contributed by atoms with E-state index in [0.29, 0.717) is 6.42 Å². The summed E-state index contributed by atoms with van der Waals surface area (Å²) < 4.78 is 31.1. The SMILES string of the molecule is Cc1ccc(S(=O)(=O)NC(CC2c3ccccc3-c3ccccc32)(c2ccccc2)C(C)(C)C)cc1. The third-order valence-corrected chi connectivity index (χ3v) is 9.17. The van der Waals surface area contributed by atoms with Crippen molar-refractivity contribution in [3.63, 3.8) is 0 Å². The quantitative estimate of drug-likeness (QED) is 0.303. The van der Waals surface area contributed by atoms with Crippen LogP contribution in [-0.4, -0.2) is 8.42 Å². The van der Waals surface area contributed by atoms with Gasteiger partial charge in [-0.25, -0.2) is 13.1 Å². The van der Waals surface area contributed by atoms with Gasteiger partial charge < -0.3 is 0 Å². The lowest BCUT2D eigenvalue weighted by Gasteiger charge is -2.47. The fourth-order valence-electron chi connectivity index (χ4n) is 5.63. The van der Waals surface area contributed by atoms with Crippen LogP contribution in [0.4, 0.5) is 0 Å². The van der Waals surface area contributed by atoms with E-state index in [1.807, 2.05) is 37.3 Å². The molecule has 1 N–H and O–H groups in total. The predicted octanol–water partition coefficient (Wildman–Crippen LogP) is 7.42. The summed E-state index contributed by atoms with van der Waals surface area (Å²) in [4.78, 5) is 0.282. The number of rotatable bonds is 6. The summed E-state index contributed by atoms with van der Waals surface area (Å²) in [7, 11) is -3.81. The predicted molar refractivity (Wildman–Crippen MR) is 147 cm³/mol. The highest BCUT2D eigenvalue weighted by molar-refractivity contribution is 7.89. The Morgan fingerprint density at radius 2 is 1.19 bits per heavy atom. The second-order valence-electron chi connectivity index (χ2n) is 10.9. The molecule has 0 spiro atoms. The largest absolute Gasteiger partial charge is 0.241 e. The Morgan fingerprint density at radius 1 is 0.694 bits per heavy atom. The maximum absolute atomic E-state index is 13.9. The molecular formula is C32H33NO2S. The summed E-state index contributed by atoms with van der Waals surface area (Å²) >= 11 is 0. The molecule has 0 saturated heterocycles. The lowest BCUT2D eigenvalue weighted by atomic mass is 9.65. The van der Waals surface area contributed by atoms with E-state index in [4.69, 9.17) is 0 Å². The van der Waals surface area contributed by atoms with E-state index in [1.165, 1.54) is 22.3 Å². The van der Waals surface area contributed by atoms with Crippen LogP contribution in [-0.2, 0) is 15.6 Å². The maximum Gasteiger partial charge on any atom is 0.241 e. The van der Waals surface area contributed by atoms with Crippen LogP contribution in [0.1, 0.15) is 55.4 Å². The first-order valence-electron chi connectivity index (χ1n) is 12.5. The molecular weight excluding hydrogens is 462 g/mol. The number of hydrogen-bond donors (Lipinski definition) is 1. The summed E-state index contributed by atoms with van der Waals surface area (Å²) in [5.41, 5.74) is 5.65. The Hall–Kier alpha value is -3.21. The minimum atomic E-state index is -3.81. The second kappa shape index (κ2) is 9.02. The summed E-state index contributed by atoms with van der Waals surface area (Å²) in [5.74, 6) is 0.0533. The molecule has 0 heterocycles. The number of benzene rings is 4. The van der Waals surface area contributed by atoms with Crippen LogP contribution in [0.2, 0.25) is 0 Å². The number of hydrogen-bond acceptors (Lipinski definition) is 2. The first-order valence-corrected chi connectivity index (χ1v) is 14.0. The molecule has 1 aliphatic rings. The Labute approximate surface area is 215 Å². The van der Waals surface area contributed by atoms with E-state index < -0.39 is 21.0 Å². The standard InChI is InChI=1S/C32H33NO2S/c1-23-18-20-25(21-19-23)36(34,35)33-32(31(2,3)4,24-12-6-5-7-13-24)22-30-28-16-10-8-14-26(28)27-15-9-11-17-29(27)30/h5-21,30,33H,22H2,1-4H3. The lowest BCUT2D eigenvalue weighted by Crippen LogP contribution is -2.55. The molecule has 0 radical (unpaired) electrons. The highest BCUT2D eigenvalue weighted by atomic mass is 32.2. The minimum absolute atomic E-state index is 0.0533. The Morgan fingerprint density at radius 3 is 1.72 bits per heavy atom. The summed E-state index contributed by atoms with van der Waals surface area (Å²) in [6, 6.07) is 34.2. The number of nitrogens with one attached hydrogen (secondary N) is 1. The monoisotopic (exact) mass is 495 g/mol. The van der Waals surface area contributed by atoms with E-state index in [0.717, 1.165) is 11.1 Å². The van der Waals surface area contributed by atoms with Crippen molar-refractivity contribution in [2.75, 3.05) is 0 Å². The number of aryl methyl sites for hydroxylation is 1. The van der Waals surface area contributed by atoms with Crippen molar-refractivity contribution in [2.45, 2.75) is 50.5 Å². The van der Waals surface area contributed by atoms with Gasteiger partial charge in [0.05, 0.1) is 10.4 Å². The molecule has 4 aromatic carbocycles. The zero-order valence-corrected chi connectivity index (χ0v) is 22.1. The molecule has 0 saturated carbocycles. The molecule has 1 aliphatic carbocycles. The van der Waals surface area contributed by atoms with Gasteiger partial charge in [0.25, 0.3) is 0 Å². The van der Waals surface area contributed by atoms with Crippen molar-refractivity contribution < 1.29 is 8.42 Å². The fraction of sp³-hybridized carbons (Fsp3) is 0.250. The molecule has 4 heteroatoms. The van der Waals surface area contributed by atoms with Crippen LogP contribution in [0.3, 0.4) is 0 Å². The molecule has 3 nitrogen and oxygen atoms in total. The van der Waals surface area contributed by atoms with Gasteiger partial charge >= 0.3 is 0 Å². The van der Waals surface area contributed by atoms with Gasteiger partial charge in [-0.3, -0.25) is 0 Å². The van der Waals surface area contributed by atoms with Gasteiger partial charge in [-0.2, -0.15) is 0 Å². The third kappa shape index (κ3) is 4.19. The minimum Gasteiger partial charge on any atom is -0.207 e. The lowest BCUT2D eigenvalue weighted by molar-refractivity contribution is 0.146. The van der Waals surface area contributed by atoms with Gasteiger partial charge in [0.2, 0.25) is 10.0 Å². The van der Waals surface area contributed by atoms with Gasteiger partial charge in [-0.15, -0.1) is 0 Å². The summed E-state index contributed by atoms with van der Waals surface area (Å²) in [5, 5.41) is 0. The van der Waals surface area contributed by atoms with Crippen LogP contribution >= 0.6 is 0 Å². The third-order valence-electron chi connectivity index (χ3n) is 7.66. The Balaban J connectivity index is 1.70. The van der Waals surface area contributed by atoms with Crippen molar-refractivity contribution >= 4 is 10.0 Å². The van der Waals surface area contributed by atoms with Gasteiger partial charge in [0.15, 0.2) is 0 Å². The highest BCUT2D eigenvalue weighted by Gasteiger charge is 2.49. The average Bonchev–Trinajstić information content (AvgIpc) is 3.17. The van der Waals surface area contributed by atoms with E-state index >= 15 is 0 Å². The van der Waals surface area contributed by atoms with Crippen LogP contribution in [0.15, 0.2) is 108 Å². The molecule has 1 unspecified atom stereocenters. The van der Waals surface area contributed by atoms with E-state index in [-0.39, 0.29) is 10.8 Å². The van der Waals surface area contributed by atoms with E-state index in [9.17, 15) is 8.42 Å². The number of sulfonamides is 1. The van der Waals surface area contributed by atoms with E-state index in [1.54, 1.807) is 12.1 Å². The smallest absolute Gasteiger partial charge is 0.207 e. The first-order chi connectivity index (χ1) is 17.1. The maximum atomic E-state index is 13.9. The zero-order valence-electron chi connectivity index (χ0n) is 21.3. The molecule has 0 aliphatic heterocycles. The molecule has 0 amide bonds. The highest BCUT2D eigenvalue weighted by Crippen LogP contribution is 2.53. The van der Waals surface area contributed by atoms with Crippen molar-refractivity contribution in [3.05, 3.63) is 125 Å². The fourth-order valence-corrected chi connectivity index (χ4v) is 7.20. The van der Waals surface area contributed by atoms with E-state index in [2.05, 4.69) is 86.2 Å². The van der Waals surface area contributed by atoms with Crippen molar-refractivity contribution in [1.29, 1.82) is 0 Å². The Kier molecular flexibility index (Phi) is 6.14. The van der Waals surface area contributed by atoms with Crippen LogP contribution in [0, 0.1) is 12.3 Å². The topological polar surface area (TPSA) is 46.2 Å². The molecule has 0 fully saturated rings. The van der Waals surface area contributed by atoms with Crippen molar-refractivity contribution in [3.8, 4) is 11.1 Å². The van der Waals surface area contributed by atoms with Crippen molar-refractivity contribution in [2.24, 2.45) is 5.41 Å².